The topological polar surface area (TPSA) is 125 Å². The lowest BCUT2D eigenvalue weighted by Gasteiger charge is -2.18. The summed E-state index contributed by atoms with van der Waals surface area (Å²) in [6, 6.07) is 8.72. The Morgan fingerprint density at radius 1 is 1.29 bits per heavy atom. The quantitative estimate of drug-likeness (QED) is 0.712. The first-order valence-electron chi connectivity index (χ1n) is 6.56. The zero-order valence-electron chi connectivity index (χ0n) is 12.4. The molecule has 0 heterocycles. The van der Waals surface area contributed by atoms with Crippen molar-refractivity contribution in [2.45, 2.75) is 4.90 Å². The molecular weight excluding hydrogens is 337 g/mol. The zero-order valence-corrected chi connectivity index (χ0v) is 13.2. The Morgan fingerprint density at radius 2 is 2.00 bits per heavy atom. The van der Waals surface area contributed by atoms with E-state index < -0.39 is 32.6 Å². The van der Waals surface area contributed by atoms with Gasteiger partial charge in [-0.25, -0.2) is 13.9 Å². The molecule has 0 aliphatic rings. The highest BCUT2D eigenvalue weighted by molar-refractivity contribution is 7.99. The highest BCUT2D eigenvalue weighted by Gasteiger charge is 2.24. The highest BCUT2D eigenvalue weighted by Crippen LogP contribution is 2.28. The number of sulfonamides is 1. The third kappa shape index (κ3) is 3.51. The predicted molar refractivity (Wildman–Crippen MR) is 84.8 cm³/mol. The van der Waals surface area contributed by atoms with E-state index in [1.807, 2.05) is 6.07 Å². The zero-order chi connectivity index (χ0) is 17.9. The average molecular weight is 349 g/mol. The second kappa shape index (κ2) is 6.66. The van der Waals surface area contributed by atoms with E-state index in [1.54, 1.807) is 7.05 Å². The van der Waals surface area contributed by atoms with Gasteiger partial charge in [0.25, 0.3) is 0 Å². The van der Waals surface area contributed by atoms with E-state index in [0.717, 1.165) is 12.1 Å². The van der Waals surface area contributed by atoms with E-state index in [1.165, 1.54) is 18.2 Å². The summed E-state index contributed by atoms with van der Waals surface area (Å²) in [5.74, 6) is -2.66. The van der Waals surface area contributed by atoms with Crippen LogP contribution in [0.3, 0.4) is 0 Å². The number of nitriles is 1. The minimum atomic E-state index is -4.17. The molecule has 9 heteroatoms. The van der Waals surface area contributed by atoms with E-state index in [4.69, 9.17) is 10.4 Å². The molecule has 124 valence electrons. The average Bonchev–Trinajstić information content (AvgIpc) is 2.53. The Kier molecular flexibility index (Phi) is 4.82. The van der Waals surface area contributed by atoms with Gasteiger partial charge < -0.3 is 15.0 Å². The Hall–Kier alpha value is -2.96. The molecule has 0 spiro atoms. The molecular formula is C15H12FN3O4S. The molecule has 1 atom stereocenters. The molecule has 0 bridgehead atoms. The molecule has 7 nitrogen and oxygen atoms in total. The summed E-state index contributed by atoms with van der Waals surface area (Å²) in [6.07, 6.45) is 0. The summed E-state index contributed by atoms with van der Waals surface area (Å²) < 4.78 is 40.7. The smallest absolute Gasteiger partial charge is 0.338 e. The van der Waals surface area contributed by atoms with Gasteiger partial charge in [-0.2, -0.15) is 5.26 Å². The van der Waals surface area contributed by atoms with E-state index >= 15 is 0 Å². The number of carboxylic acids is 1. The summed E-state index contributed by atoms with van der Waals surface area (Å²) in [5, 5.41) is 20.5. The van der Waals surface area contributed by atoms with Crippen molar-refractivity contribution in [1.82, 2.24) is 0 Å². The van der Waals surface area contributed by atoms with Gasteiger partial charge in [0, 0.05) is 13.1 Å². The van der Waals surface area contributed by atoms with Gasteiger partial charge in [0.2, 0.25) is 0 Å². The van der Waals surface area contributed by atoms with Gasteiger partial charge in [-0.1, -0.05) is 4.21 Å². The first-order valence-corrected chi connectivity index (χ1v) is 8.04. The second-order valence-electron chi connectivity index (χ2n) is 4.67. The van der Waals surface area contributed by atoms with Crippen LogP contribution in [0.2, 0.25) is 0 Å². The van der Waals surface area contributed by atoms with Crippen molar-refractivity contribution in [3.8, 4) is 6.07 Å². The van der Waals surface area contributed by atoms with Crippen LogP contribution < -0.4 is 10.0 Å². The van der Waals surface area contributed by atoms with Gasteiger partial charge in [0.15, 0.2) is 15.3 Å². The molecule has 0 aliphatic heterocycles. The molecule has 0 saturated heterocycles. The molecule has 3 N–H and O–H groups in total. The van der Waals surface area contributed by atoms with Crippen LogP contribution >= 0.6 is 0 Å². The number of rotatable bonds is 5. The monoisotopic (exact) mass is 349 g/mol. The third-order valence-corrected chi connectivity index (χ3v) is 4.51. The minimum Gasteiger partial charge on any atom is -0.588 e. The van der Waals surface area contributed by atoms with Crippen LogP contribution in [0.5, 0.6) is 0 Å². The van der Waals surface area contributed by atoms with Crippen molar-refractivity contribution in [1.29, 1.82) is 5.26 Å². The lowest BCUT2D eigenvalue weighted by Crippen LogP contribution is -2.22. The Balaban J connectivity index is 2.42. The molecule has 1 unspecified atom stereocenters. The number of nitrogens with zero attached hydrogens (tertiary/aromatic N) is 1. The largest absolute Gasteiger partial charge is 0.588 e. The van der Waals surface area contributed by atoms with Gasteiger partial charge in [0.1, 0.15) is 11.5 Å². The molecule has 2 aromatic rings. The van der Waals surface area contributed by atoms with Crippen molar-refractivity contribution >= 4 is 27.7 Å². The second-order valence-corrected chi connectivity index (χ2v) is 6.36. The third-order valence-electron chi connectivity index (χ3n) is 3.14. The fourth-order valence-electron chi connectivity index (χ4n) is 1.96. The number of benzene rings is 2. The van der Waals surface area contributed by atoms with Crippen LogP contribution in [0.25, 0.3) is 0 Å². The van der Waals surface area contributed by atoms with Crippen LogP contribution in [-0.2, 0) is 14.6 Å². The summed E-state index contributed by atoms with van der Waals surface area (Å²) in [5.41, 5.74) is 0.134. The summed E-state index contributed by atoms with van der Waals surface area (Å²) in [6.45, 7) is 0. The van der Waals surface area contributed by atoms with Gasteiger partial charge in [-0.3, -0.25) is 0 Å². The molecule has 2 aromatic carbocycles. The molecule has 0 aromatic heterocycles. The van der Waals surface area contributed by atoms with Crippen molar-refractivity contribution in [3.05, 3.63) is 53.3 Å². The maximum absolute atomic E-state index is 13.7. The molecule has 0 amide bonds. The Bertz CT molecular complexity index is 895. The Morgan fingerprint density at radius 3 is 2.54 bits per heavy atom. The van der Waals surface area contributed by atoms with Crippen molar-refractivity contribution in [2.24, 2.45) is 0 Å². The molecule has 2 rings (SSSR count). The SMILES string of the molecule is CNc1ccc(C#N)cc1N[S+](=O)([O-])c1ccc(C(=O)O)c(F)c1. The van der Waals surface area contributed by atoms with E-state index in [2.05, 4.69) is 10.0 Å². The number of hydrogen-bond donors (Lipinski definition) is 3. The normalized spacial score (nSPS) is 12.8. The number of halogens is 1. The fraction of sp³-hybridized carbons (Fsp3) is 0.0667. The maximum Gasteiger partial charge on any atom is 0.338 e. The standard InChI is InChI=1S/C15H12FN3O4S/c1-18-13-5-2-9(8-17)6-14(13)19-24(22,23)10-3-4-11(15(20)21)12(16)7-10/h2-7,18H,1H3,(H2-,19,20,21,22,23). The first kappa shape index (κ1) is 17.4. The van der Waals surface area contributed by atoms with Crippen molar-refractivity contribution in [2.75, 3.05) is 17.1 Å². The van der Waals surface area contributed by atoms with Crippen LogP contribution in [0, 0.1) is 17.1 Å². The molecule has 0 saturated carbocycles. The molecule has 24 heavy (non-hydrogen) atoms. The minimum absolute atomic E-state index is 0.110. The van der Waals surface area contributed by atoms with Crippen LogP contribution in [0.1, 0.15) is 15.9 Å². The van der Waals surface area contributed by atoms with E-state index in [9.17, 15) is 17.9 Å². The van der Waals surface area contributed by atoms with Crippen LogP contribution in [0.4, 0.5) is 15.8 Å². The summed E-state index contributed by atoms with van der Waals surface area (Å²) >= 11 is 0. The first-order chi connectivity index (χ1) is 11.3. The lowest BCUT2D eigenvalue weighted by molar-refractivity contribution is 0.0691. The lowest BCUT2D eigenvalue weighted by atomic mass is 10.2. The van der Waals surface area contributed by atoms with Gasteiger partial charge in [0.05, 0.1) is 22.9 Å². The molecule has 0 aliphatic carbocycles. The van der Waals surface area contributed by atoms with E-state index in [-0.39, 0.29) is 11.3 Å². The number of aromatic carboxylic acids is 1. The van der Waals surface area contributed by atoms with Gasteiger partial charge in [-0.15, -0.1) is 0 Å². The highest BCUT2D eigenvalue weighted by atomic mass is 32.3. The van der Waals surface area contributed by atoms with Gasteiger partial charge in [-0.05, 0) is 30.3 Å². The summed E-state index contributed by atoms with van der Waals surface area (Å²) in [7, 11) is -2.60. The van der Waals surface area contributed by atoms with Crippen molar-refractivity contribution < 1.29 is 23.1 Å². The molecule has 0 radical (unpaired) electrons. The number of carbonyl (C=O) groups is 1. The maximum atomic E-state index is 13.7. The van der Waals surface area contributed by atoms with Crippen molar-refractivity contribution in [3.63, 3.8) is 0 Å². The molecule has 0 fully saturated rings. The number of nitrogens with one attached hydrogen (secondary N) is 2. The van der Waals surface area contributed by atoms with E-state index in [0.29, 0.717) is 11.8 Å². The van der Waals surface area contributed by atoms with Crippen LogP contribution in [0.15, 0.2) is 41.3 Å². The summed E-state index contributed by atoms with van der Waals surface area (Å²) in [4.78, 5) is 10.3. The number of carboxylic acid groups (broad SMARTS) is 1. The van der Waals surface area contributed by atoms with Crippen LogP contribution in [-0.4, -0.2) is 22.7 Å². The number of anilines is 2. The fourth-order valence-corrected chi connectivity index (χ4v) is 3.04. The predicted octanol–water partition coefficient (Wildman–Crippen LogP) is 2.45. The number of hydrogen-bond acceptors (Lipinski definition) is 5. The Labute approximate surface area is 138 Å². The van der Waals surface area contributed by atoms with Gasteiger partial charge >= 0.3 is 5.97 Å².